The van der Waals surface area contributed by atoms with Crippen LogP contribution in [-0.2, 0) is 10.0 Å². The monoisotopic (exact) mass is 370 g/mol. The summed E-state index contributed by atoms with van der Waals surface area (Å²) in [6.45, 7) is 5.73. The van der Waals surface area contributed by atoms with Crippen molar-refractivity contribution in [3.8, 4) is 11.5 Å². The number of aryl methyl sites for hydroxylation is 1. The van der Waals surface area contributed by atoms with Crippen LogP contribution in [0.15, 0.2) is 53.4 Å². The predicted octanol–water partition coefficient (Wildman–Crippen LogP) is 3.10. The van der Waals surface area contributed by atoms with Gasteiger partial charge < -0.3 is 10.1 Å². The summed E-state index contributed by atoms with van der Waals surface area (Å²) in [6.07, 6.45) is 0. The number of rotatable bonds is 8. The molecule has 0 saturated carbocycles. The first-order valence-electron chi connectivity index (χ1n) is 7.56. The topological polar surface area (TPSA) is 67.4 Å². The molecular formula is C17H23ClN2O3S. The van der Waals surface area contributed by atoms with Crippen LogP contribution in [0.3, 0.4) is 0 Å². The van der Waals surface area contributed by atoms with Crippen LogP contribution in [0.1, 0.15) is 12.5 Å². The second kappa shape index (κ2) is 9.64. The van der Waals surface area contributed by atoms with Crippen LogP contribution in [0.5, 0.6) is 11.5 Å². The molecule has 0 heterocycles. The highest BCUT2D eigenvalue weighted by molar-refractivity contribution is 7.89. The highest BCUT2D eigenvalue weighted by atomic mass is 35.5. The van der Waals surface area contributed by atoms with Crippen molar-refractivity contribution in [3.05, 3.63) is 54.1 Å². The fourth-order valence-corrected chi connectivity index (χ4v) is 3.07. The van der Waals surface area contributed by atoms with Crippen LogP contribution in [0.4, 0.5) is 0 Å². The number of hydrogen-bond donors (Lipinski definition) is 2. The van der Waals surface area contributed by atoms with E-state index in [-0.39, 0.29) is 17.3 Å². The Morgan fingerprint density at radius 1 is 1.00 bits per heavy atom. The SMILES string of the molecule is CCNCCNS(=O)(=O)c1ccc(Oc2cccc(C)c2)cc1.Cl. The Morgan fingerprint density at radius 2 is 1.71 bits per heavy atom. The number of benzene rings is 2. The molecule has 0 spiro atoms. The van der Waals surface area contributed by atoms with Crippen molar-refractivity contribution in [2.24, 2.45) is 0 Å². The summed E-state index contributed by atoms with van der Waals surface area (Å²) < 4.78 is 32.5. The van der Waals surface area contributed by atoms with Crippen LogP contribution in [0, 0.1) is 6.92 Å². The minimum Gasteiger partial charge on any atom is -0.457 e. The number of halogens is 1. The number of hydrogen-bond acceptors (Lipinski definition) is 4. The van der Waals surface area contributed by atoms with Crippen LogP contribution in [0.25, 0.3) is 0 Å². The molecule has 0 atom stereocenters. The van der Waals surface area contributed by atoms with E-state index in [0.717, 1.165) is 17.9 Å². The average molecular weight is 371 g/mol. The Balaban J connectivity index is 0.00000288. The smallest absolute Gasteiger partial charge is 0.240 e. The van der Waals surface area contributed by atoms with Gasteiger partial charge in [0.1, 0.15) is 11.5 Å². The molecule has 0 unspecified atom stereocenters. The van der Waals surface area contributed by atoms with Crippen molar-refractivity contribution in [2.45, 2.75) is 18.7 Å². The van der Waals surface area contributed by atoms with Crippen molar-refractivity contribution < 1.29 is 13.2 Å². The second-order valence-electron chi connectivity index (χ2n) is 5.14. The summed E-state index contributed by atoms with van der Waals surface area (Å²) in [4.78, 5) is 0.227. The van der Waals surface area contributed by atoms with E-state index in [9.17, 15) is 8.42 Å². The molecule has 2 rings (SSSR count). The predicted molar refractivity (Wildman–Crippen MR) is 98.7 cm³/mol. The lowest BCUT2D eigenvalue weighted by molar-refractivity contribution is 0.481. The molecule has 2 aromatic carbocycles. The Hall–Kier alpha value is -1.60. The standard InChI is InChI=1S/C17H22N2O3S.ClH/c1-3-18-11-12-19-23(20,21)17-9-7-15(8-10-17)22-16-6-4-5-14(2)13-16;/h4-10,13,18-19H,3,11-12H2,1-2H3;1H. The van der Waals surface area contributed by atoms with Crippen LogP contribution < -0.4 is 14.8 Å². The number of sulfonamides is 1. The molecule has 0 bridgehead atoms. The van der Waals surface area contributed by atoms with E-state index in [4.69, 9.17) is 4.74 Å². The minimum absolute atomic E-state index is 0. The summed E-state index contributed by atoms with van der Waals surface area (Å²) >= 11 is 0. The average Bonchev–Trinajstić information content (AvgIpc) is 2.52. The zero-order chi connectivity index (χ0) is 16.7. The lowest BCUT2D eigenvalue weighted by atomic mass is 10.2. The van der Waals surface area contributed by atoms with Gasteiger partial charge in [-0.3, -0.25) is 0 Å². The molecule has 0 amide bonds. The van der Waals surface area contributed by atoms with Gasteiger partial charge in [-0.05, 0) is 55.4 Å². The van der Waals surface area contributed by atoms with Crippen molar-refractivity contribution in [3.63, 3.8) is 0 Å². The first-order chi connectivity index (χ1) is 11.0. The van der Waals surface area contributed by atoms with Crippen LogP contribution in [-0.4, -0.2) is 28.1 Å². The van der Waals surface area contributed by atoms with E-state index in [1.165, 1.54) is 0 Å². The van der Waals surface area contributed by atoms with Gasteiger partial charge in [-0.25, -0.2) is 13.1 Å². The molecule has 2 aromatic rings. The molecule has 0 aromatic heterocycles. The summed E-state index contributed by atoms with van der Waals surface area (Å²) in [5.41, 5.74) is 1.10. The fraction of sp³-hybridized carbons (Fsp3) is 0.294. The van der Waals surface area contributed by atoms with Crippen molar-refractivity contribution >= 4 is 22.4 Å². The first kappa shape index (κ1) is 20.4. The highest BCUT2D eigenvalue weighted by Gasteiger charge is 2.13. The highest BCUT2D eigenvalue weighted by Crippen LogP contribution is 2.23. The van der Waals surface area contributed by atoms with Gasteiger partial charge in [0, 0.05) is 13.1 Å². The zero-order valence-corrected chi connectivity index (χ0v) is 15.4. The van der Waals surface area contributed by atoms with E-state index < -0.39 is 10.0 Å². The lowest BCUT2D eigenvalue weighted by Gasteiger charge is -2.09. The molecule has 7 heteroatoms. The first-order valence-corrected chi connectivity index (χ1v) is 9.04. The minimum atomic E-state index is -3.48. The third kappa shape index (κ3) is 6.13. The van der Waals surface area contributed by atoms with E-state index in [1.54, 1.807) is 24.3 Å². The molecule has 24 heavy (non-hydrogen) atoms. The van der Waals surface area contributed by atoms with Gasteiger partial charge in [0.25, 0.3) is 0 Å². The van der Waals surface area contributed by atoms with Gasteiger partial charge in [0.2, 0.25) is 10.0 Å². The largest absolute Gasteiger partial charge is 0.457 e. The summed E-state index contributed by atoms with van der Waals surface area (Å²) in [6, 6.07) is 14.1. The van der Waals surface area contributed by atoms with Gasteiger partial charge in [-0.2, -0.15) is 0 Å². The number of likely N-dealkylation sites (N-methyl/N-ethyl adjacent to an activating group) is 1. The third-order valence-corrected chi connectivity index (χ3v) is 4.68. The fourth-order valence-electron chi connectivity index (χ4n) is 2.04. The summed E-state index contributed by atoms with van der Waals surface area (Å²) in [5.74, 6) is 1.33. The van der Waals surface area contributed by atoms with Gasteiger partial charge in [-0.15, -0.1) is 12.4 Å². The van der Waals surface area contributed by atoms with E-state index in [2.05, 4.69) is 10.0 Å². The molecule has 0 saturated heterocycles. The van der Waals surface area contributed by atoms with E-state index in [0.29, 0.717) is 18.8 Å². The number of nitrogens with one attached hydrogen (secondary N) is 2. The quantitative estimate of drug-likeness (QED) is 0.701. The van der Waals surface area contributed by atoms with E-state index >= 15 is 0 Å². The van der Waals surface area contributed by atoms with Crippen molar-refractivity contribution in [1.29, 1.82) is 0 Å². The number of ether oxygens (including phenoxy) is 1. The van der Waals surface area contributed by atoms with Crippen molar-refractivity contribution in [2.75, 3.05) is 19.6 Å². The molecule has 0 aliphatic carbocycles. The molecule has 2 N–H and O–H groups in total. The maximum Gasteiger partial charge on any atom is 0.240 e. The van der Waals surface area contributed by atoms with Crippen LogP contribution in [0.2, 0.25) is 0 Å². The maximum atomic E-state index is 12.1. The Kier molecular flexibility index (Phi) is 8.21. The second-order valence-corrected chi connectivity index (χ2v) is 6.91. The normalized spacial score (nSPS) is 10.9. The molecular weight excluding hydrogens is 348 g/mol. The van der Waals surface area contributed by atoms with Gasteiger partial charge in [0.05, 0.1) is 4.90 Å². The Morgan fingerprint density at radius 3 is 2.33 bits per heavy atom. The lowest BCUT2D eigenvalue weighted by Crippen LogP contribution is -2.31. The van der Waals surface area contributed by atoms with Crippen LogP contribution >= 0.6 is 12.4 Å². The molecule has 0 fully saturated rings. The van der Waals surface area contributed by atoms with E-state index in [1.807, 2.05) is 38.1 Å². The van der Waals surface area contributed by atoms with Crippen molar-refractivity contribution in [1.82, 2.24) is 10.0 Å². The molecule has 132 valence electrons. The zero-order valence-electron chi connectivity index (χ0n) is 13.8. The molecule has 0 aliphatic heterocycles. The van der Waals surface area contributed by atoms with Gasteiger partial charge in [-0.1, -0.05) is 19.1 Å². The maximum absolute atomic E-state index is 12.1. The van der Waals surface area contributed by atoms with Gasteiger partial charge in [0.15, 0.2) is 0 Å². The molecule has 0 aliphatic rings. The Labute approximate surface area is 149 Å². The van der Waals surface area contributed by atoms with Gasteiger partial charge >= 0.3 is 0 Å². The molecule has 0 radical (unpaired) electrons. The summed E-state index contributed by atoms with van der Waals surface area (Å²) in [5, 5.41) is 3.07. The Bertz CT molecular complexity index is 734. The molecule has 5 nitrogen and oxygen atoms in total. The summed E-state index contributed by atoms with van der Waals surface area (Å²) in [7, 11) is -3.48. The third-order valence-electron chi connectivity index (χ3n) is 3.20.